The standard InChI is InChI=1S/C19H23NO4S/c1-15-4-10-18(11-5-15)25(22,23)13-12-19(21)20(2)14-16-6-8-17(24-3)9-7-16/h4-11H,12-14H2,1-3H3. The second-order valence-electron chi connectivity index (χ2n) is 5.98. The first-order valence-electron chi connectivity index (χ1n) is 7.98. The molecule has 0 aromatic heterocycles. The fourth-order valence-electron chi connectivity index (χ4n) is 2.37. The fourth-order valence-corrected chi connectivity index (χ4v) is 3.60. The Balaban J connectivity index is 1.92. The summed E-state index contributed by atoms with van der Waals surface area (Å²) >= 11 is 0. The van der Waals surface area contributed by atoms with Crippen LogP contribution in [0.1, 0.15) is 17.5 Å². The first kappa shape index (κ1) is 19.0. The minimum Gasteiger partial charge on any atom is -0.497 e. The lowest BCUT2D eigenvalue weighted by Crippen LogP contribution is -2.28. The van der Waals surface area contributed by atoms with Gasteiger partial charge in [0.15, 0.2) is 9.84 Å². The van der Waals surface area contributed by atoms with Gasteiger partial charge >= 0.3 is 0 Å². The Hall–Kier alpha value is -2.34. The Morgan fingerprint density at radius 1 is 1.04 bits per heavy atom. The topological polar surface area (TPSA) is 63.7 Å². The van der Waals surface area contributed by atoms with Gasteiger partial charge in [-0.1, -0.05) is 29.8 Å². The van der Waals surface area contributed by atoms with E-state index in [0.29, 0.717) is 6.54 Å². The number of carbonyl (C=O) groups excluding carboxylic acids is 1. The fraction of sp³-hybridized carbons (Fsp3) is 0.316. The summed E-state index contributed by atoms with van der Waals surface area (Å²) in [5.74, 6) is 0.357. The summed E-state index contributed by atoms with van der Waals surface area (Å²) in [6, 6.07) is 14.1. The molecular weight excluding hydrogens is 338 g/mol. The Kier molecular flexibility index (Phi) is 6.20. The maximum Gasteiger partial charge on any atom is 0.223 e. The molecule has 0 saturated carbocycles. The van der Waals surface area contributed by atoms with Crippen molar-refractivity contribution in [3.05, 3.63) is 59.7 Å². The molecule has 0 saturated heterocycles. The Bertz CT molecular complexity index is 812. The third kappa shape index (κ3) is 5.32. The molecule has 5 nitrogen and oxygen atoms in total. The lowest BCUT2D eigenvalue weighted by atomic mass is 10.2. The van der Waals surface area contributed by atoms with Gasteiger partial charge in [0.25, 0.3) is 0 Å². The summed E-state index contributed by atoms with van der Waals surface area (Å²) in [5, 5.41) is 0. The number of sulfone groups is 1. The monoisotopic (exact) mass is 361 g/mol. The van der Waals surface area contributed by atoms with Crippen LogP contribution in [-0.2, 0) is 21.2 Å². The summed E-state index contributed by atoms with van der Waals surface area (Å²) in [4.78, 5) is 14.0. The average Bonchev–Trinajstić information content (AvgIpc) is 2.60. The molecule has 2 rings (SSSR count). The molecule has 6 heteroatoms. The van der Waals surface area contributed by atoms with Gasteiger partial charge in [-0.05, 0) is 36.8 Å². The molecular formula is C19H23NO4S. The zero-order valence-corrected chi connectivity index (χ0v) is 15.5. The maximum absolute atomic E-state index is 12.3. The SMILES string of the molecule is COc1ccc(CN(C)C(=O)CCS(=O)(=O)c2ccc(C)cc2)cc1. The van der Waals surface area contributed by atoms with E-state index < -0.39 is 9.84 Å². The molecule has 25 heavy (non-hydrogen) atoms. The van der Waals surface area contributed by atoms with Crippen molar-refractivity contribution in [1.82, 2.24) is 4.90 Å². The Labute approximate surface area is 149 Å². The lowest BCUT2D eigenvalue weighted by molar-refractivity contribution is -0.130. The summed E-state index contributed by atoms with van der Waals surface area (Å²) < 4.78 is 29.7. The highest BCUT2D eigenvalue weighted by atomic mass is 32.2. The normalized spacial score (nSPS) is 11.2. The molecule has 0 aliphatic heterocycles. The summed E-state index contributed by atoms with van der Waals surface area (Å²) in [6.45, 7) is 2.32. The Morgan fingerprint density at radius 2 is 1.64 bits per heavy atom. The molecule has 0 spiro atoms. The van der Waals surface area contributed by atoms with E-state index in [1.54, 1.807) is 38.4 Å². The van der Waals surface area contributed by atoms with Crippen molar-refractivity contribution in [2.24, 2.45) is 0 Å². The van der Waals surface area contributed by atoms with Crippen molar-refractivity contribution in [1.29, 1.82) is 0 Å². The number of benzene rings is 2. The number of aryl methyl sites for hydroxylation is 1. The van der Waals surface area contributed by atoms with Crippen LogP contribution in [0.2, 0.25) is 0 Å². The van der Waals surface area contributed by atoms with Crippen molar-refractivity contribution in [2.75, 3.05) is 19.9 Å². The highest BCUT2D eigenvalue weighted by Crippen LogP contribution is 2.15. The maximum atomic E-state index is 12.3. The van der Waals surface area contributed by atoms with E-state index >= 15 is 0 Å². The number of amides is 1. The van der Waals surface area contributed by atoms with Crippen molar-refractivity contribution in [2.45, 2.75) is 24.8 Å². The van der Waals surface area contributed by atoms with Gasteiger partial charge in [-0.25, -0.2) is 8.42 Å². The van der Waals surface area contributed by atoms with Crippen LogP contribution in [0.5, 0.6) is 5.75 Å². The van der Waals surface area contributed by atoms with E-state index in [2.05, 4.69) is 0 Å². The van der Waals surface area contributed by atoms with Gasteiger partial charge < -0.3 is 9.64 Å². The third-order valence-electron chi connectivity index (χ3n) is 3.97. The van der Waals surface area contributed by atoms with Crippen molar-refractivity contribution >= 4 is 15.7 Å². The van der Waals surface area contributed by atoms with Gasteiger partial charge in [-0.2, -0.15) is 0 Å². The smallest absolute Gasteiger partial charge is 0.223 e. The highest BCUT2D eigenvalue weighted by Gasteiger charge is 2.18. The molecule has 0 aliphatic rings. The molecule has 0 fully saturated rings. The van der Waals surface area contributed by atoms with E-state index in [1.165, 1.54) is 4.90 Å². The van der Waals surface area contributed by atoms with Crippen molar-refractivity contribution in [3.63, 3.8) is 0 Å². The molecule has 0 N–H and O–H groups in total. The largest absolute Gasteiger partial charge is 0.497 e. The second kappa shape index (κ2) is 8.16. The van der Waals surface area contributed by atoms with Crippen LogP contribution in [0.3, 0.4) is 0 Å². The number of carbonyl (C=O) groups is 1. The molecule has 134 valence electrons. The van der Waals surface area contributed by atoms with Gasteiger partial charge in [0, 0.05) is 20.0 Å². The summed E-state index contributed by atoms with van der Waals surface area (Å²) in [7, 11) is -0.183. The molecule has 0 unspecified atom stereocenters. The zero-order chi connectivity index (χ0) is 18.4. The van der Waals surface area contributed by atoms with E-state index in [-0.39, 0.29) is 23.0 Å². The predicted octanol–water partition coefficient (Wildman–Crippen LogP) is 2.83. The van der Waals surface area contributed by atoms with Crippen molar-refractivity contribution in [3.8, 4) is 5.75 Å². The van der Waals surface area contributed by atoms with E-state index in [4.69, 9.17) is 4.74 Å². The third-order valence-corrected chi connectivity index (χ3v) is 5.70. The zero-order valence-electron chi connectivity index (χ0n) is 14.7. The Morgan fingerprint density at radius 3 is 2.20 bits per heavy atom. The second-order valence-corrected chi connectivity index (χ2v) is 8.09. The van der Waals surface area contributed by atoms with Gasteiger partial charge in [0.2, 0.25) is 5.91 Å². The molecule has 1 amide bonds. The van der Waals surface area contributed by atoms with Crippen LogP contribution in [0.15, 0.2) is 53.4 Å². The van der Waals surface area contributed by atoms with Crippen LogP contribution in [-0.4, -0.2) is 39.1 Å². The van der Waals surface area contributed by atoms with Gasteiger partial charge in [-0.15, -0.1) is 0 Å². The lowest BCUT2D eigenvalue weighted by Gasteiger charge is -2.17. The molecule has 2 aromatic carbocycles. The average molecular weight is 361 g/mol. The van der Waals surface area contributed by atoms with Gasteiger partial charge in [-0.3, -0.25) is 4.79 Å². The number of hydrogen-bond acceptors (Lipinski definition) is 4. The number of hydrogen-bond donors (Lipinski definition) is 0. The quantitative estimate of drug-likeness (QED) is 0.761. The first-order valence-corrected chi connectivity index (χ1v) is 9.63. The van der Waals surface area contributed by atoms with E-state index in [1.807, 2.05) is 31.2 Å². The minimum absolute atomic E-state index is 0.0388. The van der Waals surface area contributed by atoms with Gasteiger partial charge in [0.05, 0.1) is 17.8 Å². The van der Waals surface area contributed by atoms with Crippen LogP contribution < -0.4 is 4.74 Å². The number of methoxy groups -OCH3 is 1. The molecule has 0 aliphatic carbocycles. The number of rotatable bonds is 7. The highest BCUT2D eigenvalue weighted by molar-refractivity contribution is 7.91. The van der Waals surface area contributed by atoms with Crippen LogP contribution in [0, 0.1) is 6.92 Å². The van der Waals surface area contributed by atoms with Crippen LogP contribution in [0.25, 0.3) is 0 Å². The van der Waals surface area contributed by atoms with Gasteiger partial charge in [0.1, 0.15) is 5.75 Å². The van der Waals surface area contributed by atoms with Crippen LogP contribution in [0.4, 0.5) is 0 Å². The van der Waals surface area contributed by atoms with Crippen LogP contribution >= 0.6 is 0 Å². The molecule has 0 heterocycles. The molecule has 0 radical (unpaired) electrons. The number of nitrogens with zero attached hydrogens (tertiary/aromatic N) is 1. The van der Waals surface area contributed by atoms with E-state index in [0.717, 1.165) is 16.9 Å². The van der Waals surface area contributed by atoms with Crippen molar-refractivity contribution < 1.29 is 17.9 Å². The summed E-state index contributed by atoms with van der Waals surface area (Å²) in [5.41, 5.74) is 1.95. The summed E-state index contributed by atoms with van der Waals surface area (Å²) in [6.07, 6.45) is -0.0388. The molecule has 0 atom stereocenters. The minimum atomic E-state index is -3.45. The first-order chi connectivity index (χ1) is 11.8. The molecule has 0 bridgehead atoms. The molecule has 2 aromatic rings. The number of ether oxygens (including phenoxy) is 1. The van der Waals surface area contributed by atoms with E-state index in [9.17, 15) is 13.2 Å². The predicted molar refractivity (Wildman–Crippen MR) is 97.3 cm³/mol.